The van der Waals surface area contributed by atoms with Gasteiger partial charge in [-0.1, -0.05) is 18.2 Å². The van der Waals surface area contributed by atoms with E-state index in [1.54, 1.807) is 29.6 Å². The van der Waals surface area contributed by atoms with Crippen LogP contribution in [0.2, 0.25) is 0 Å². The smallest absolute Gasteiger partial charge is 0.146 e. The van der Waals surface area contributed by atoms with Crippen LogP contribution in [-0.4, -0.2) is 11.8 Å². The summed E-state index contributed by atoms with van der Waals surface area (Å²) >= 11 is 3.54. The van der Waals surface area contributed by atoms with Crippen molar-refractivity contribution in [2.24, 2.45) is 0 Å². The molecule has 1 aliphatic rings. The standard InChI is InChI=1S/C15H14FNS2/c1-11-6-7-14-15(8-11)19-10-17(9-18-14)13-5-3-2-4-12(13)16/h2-8H,9-10H2,1H3. The van der Waals surface area contributed by atoms with E-state index >= 15 is 0 Å². The Morgan fingerprint density at radius 1 is 1.00 bits per heavy atom. The van der Waals surface area contributed by atoms with Gasteiger partial charge in [0.25, 0.3) is 0 Å². The molecule has 0 saturated heterocycles. The SMILES string of the molecule is Cc1ccc2c(c1)SCN(c1ccccc1F)CS2. The number of anilines is 1. The van der Waals surface area contributed by atoms with Crippen LogP contribution in [-0.2, 0) is 0 Å². The highest BCUT2D eigenvalue weighted by Crippen LogP contribution is 2.38. The first kappa shape index (κ1) is 12.9. The minimum atomic E-state index is -0.147. The molecule has 98 valence electrons. The lowest BCUT2D eigenvalue weighted by atomic mass is 10.2. The summed E-state index contributed by atoms with van der Waals surface area (Å²) in [5.41, 5.74) is 1.96. The van der Waals surface area contributed by atoms with Crippen LogP contribution in [0, 0.1) is 12.7 Å². The quantitative estimate of drug-likeness (QED) is 0.746. The topological polar surface area (TPSA) is 3.24 Å². The van der Waals surface area contributed by atoms with Gasteiger partial charge in [0, 0.05) is 9.79 Å². The number of nitrogens with zero attached hydrogens (tertiary/aromatic N) is 1. The third-order valence-corrected chi connectivity index (χ3v) is 5.37. The normalized spacial score (nSPS) is 14.9. The highest BCUT2D eigenvalue weighted by Gasteiger charge is 2.17. The summed E-state index contributed by atoms with van der Waals surface area (Å²) in [6.07, 6.45) is 0. The number of para-hydroxylation sites is 1. The van der Waals surface area contributed by atoms with Crippen molar-refractivity contribution < 1.29 is 4.39 Å². The van der Waals surface area contributed by atoms with Crippen molar-refractivity contribution in [3.05, 3.63) is 53.8 Å². The monoisotopic (exact) mass is 291 g/mol. The van der Waals surface area contributed by atoms with E-state index in [4.69, 9.17) is 0 Å². The molecule has 2 aromatic carbocycles. The van der Waals surface area contributed by atoms with Crippen molar-refractivity contribution in [3.63, 3.8) is 0 Å². The molecule has 0 radical (unpaired) electrons. The summed E-state index contributed by atoms with van der Waals surface area (Å²) in [5.74, 6) is 1.42. The van der Waals surface area contributed by atoms with E-state index in [1.165, 1.54) is 21.4 Å². The summed E-state index contributed by atoms with van der Waals surface area (Å²) in [4.78, 5) is 4.67. The van der Waals surface area contributed by atoms with E-state index in [1.807, 2.05) is 12.1 Å². The van der Waals surface area contributed by atoms with Crippen LogP contribution in [0.3, 0.4) is 0 Å². The summed E-state index contributed by atoms with van der Waals surface area (Å²) in [5, 5.41) is 0. The van der Waals surface area contributed by atoms with Gasteiger partial charge in [0.05, 0.1) is 17.4 Å². The molecule has 0 fully saturated rings. The average Bonchev–Trinajstić information content (AvgIpc) is 2.61. The van der Waals surface area contributed by atoms with Crippen molar-refractivity contribution in [3.8, 4) is 0 Å². The van der Waals surface area contributed by atoms with E-state index in [0.717, 1.165) is 11.8 Å². The van der Waals surface area contributed by atoms with E-state index in [0.29, 0.717) is 5.69 Å². The second-order valence-corrected chi connectivity index (χ2v) is 6.46. The van der Waals surface area contributed by atoms with Gasteiger partial charge in [-0.05, 0) is 36.8 Å². The molecule has 1 heterocycles. The molecule has 1 nitrogen and oxygen atoms in total. The van der Waals surface area contributed by atoms with Crippen LogP contribution in [0.1, 0.15) is 5.56 Å². The van der Waals surface area contributed by atoms with Gasteiger partial charge in [-0.3, -0.25) is 0 Å². The first-order valence-corrected chi connectivity index (χ1v) is 8.07. The van der Waals surface area contributed by atoms with Crippen molar-refractivity contribution >= 4 is 29.2 Å². The Balaban J connectivity index is 1.86. The molecule has 19 heavy (non-hydrogen) atoms. The van der Waals surface area contributed by atoms with Crippen molar-refractivity contribution in [2.45, 2.75) is 16.7 Å². The predicted molar refractivity (Wildman–Crippen MR) is 81.5 cm³/mol. The molecule has 0 amide bonds. The van der Waals surface area contributed by atoms with Gasteiger partial charge in [0.2, 0.25) is 0 Å². The Morgan fingerprint density at radius 3 is 2.53 bits per heavy atom. The molecule has 1 aliphatic heterocycles. The largest absolute Gasteiger partial charge is 0.350 e. The Bertz CT molecular complexity index is 600. The number of fused-ring (bicyclic) bond motifs is 1. The molecule has 0 unspecified atom stereocenters. The molecule has 3 rings (SSSR count). The van der Waals surface area contributed by atoms with E-state index < -0.39 is 0 Å². The fraction of sp³-hybridized carbons (Fsp3) is 0.200. The molecular formula is C15H14FNS2. The summed E-state index contributed by atoms with van der Waals surface area (Å²) in [6, 6.07) is 13.5. The average molecular weight is 291 g/mol. The van der Waals surface area contributed by atoms with E-state index in [2.05, 4.69) is 30.0 Å². The lowest BCUT2D eigenvalue weighted by molar-refractivity contribution is 0.625. The molecule has 0 spiro atoms. The van der Waals surface area contributed by atoms with Crippen molar-refractivity contribution in [1.29, 1.82) is 0 Å². The fourth-order valence-corrected chi connectivity index (χ4v) is 4.39. The molecule has 0 saturated carbocycles. The zero-order valence-electron chi connectivity index (χ0n) is 10.6. The number of thioether (sulfide) groups is 2. The third kappa shape index (κ3) is 2.74. The second-order valence-electron chi connectivity index (χ2n) is 4.49. The highest BCUT2D eigenvalue weighted by atomic mass is 32.2. The van der Waals surface area contributed by atoms with Crippen molar-refractivity contribution in [1.82, 2.24) is 0 Å². The van der Waals surface area contributed by atoms with Crippen LogP contribution in [0.15, 0.2) is 52.3 Å². The molecule has 0 aromatic heterocycles. The number of hydrogen-bond donors (Lipinski definition) is 0. The van der Waals surface area contributed by atoms with E-state index in [-0.39, 0.29) is 5.82 Å². The molecule has 4 heteroatoms. The summed E-state index contributed by atoms with van der Waals surface area (Å²) in [6.45, 7) is 2.10. The Kier molecular flexibility index (Phi) is 3.71. The Hall–Kier alpha value is -1.13. The van der Waals surface area contributed by atoms with Gasteiger partial charge in [0.15, 0.2) is 0 Å². The molecule has 0 aliphatic carbocycles. The van der Waals surface area contributed by atoms with Gasteiger partial charge in [0.1, 0.15) is 5.82 Å². The number of halogens is 1. The maximum Gasteiger partial charge on any atom is 0.146 e. The van der Waals surface area contributed by atoms with Gasteiger partial charge in [-0.15, -0.1) is 23.5 Å². The van der Waals surface area contributed by atoms with Gasteiger partial charge in [-0.25, -0.2) is 4.39 Å². The van der Waals surface area contributed by atoms with Crippen LogP contribution >= 0.6 is 23.5 Å². The maximum absolute atomic E-state index is 13.8. The first-order valence-electron chi connectivity index (χ1n) is 6.10. The number of rotatable bonds is 1. The minimum Gasteiger partial charge on any atom is -0.350 e. The van der Waals surface area contributed by atoms with Crippen molar-refractivity contribution in [2.75, 3.05) is 16.7 Å². The first-order chi connectivity index (χ1) is 9.24. The van der Waals surface area contributed by atoms with Crippen LogP contribution in [0.5, 0.6) is 0 Å². The Labute approximate surface area is 121 Å². The van der Waals surface area contributed by atoms with Gasteiger partial charge < -0.3 is 4.90 Å². The lowest BCUT2D eigenvalue weighted by Crippen LogP contribution is -2.21. The van der Waals surface area contributed by atoms with Crippen LogP contribution < -0.4 is 4.90 Å². The summed E-state index contributed by atoms with van der Waals surface area (Å²) < 4.78 is 13.8. The van der Waals surface area contributed by atoms with Gasteiger partial charge in [-0.2, -0.15) is 0 Å². The third-order valence-electron chi connectivity index (χ3n) is 3.04. The number of benzene rings is 2. The van der Waals surface area contributed by atoms with Crippen LogP contribution in [0.25, 0.3) is 0 Å². The second kappa shape index (κ2) is 5.47. The highest BCUT2D eigenvalue weighted by molar-refractivity contribution is 8.03. The zero-order chi connectivity index (χ0) is 13.2. The Morgan fingerprint density at radius 2 is 1.74 bits per heavy atom. The summed E-state index contributed by atoms with van der Waals surface area (Å²) in [7, 11) is 0. The molecule has 2 aromatic rings. The van der Waals surface area contributed by atoms with Gasteiger partial charge >= 0.3 is 0 Å². The van der Waals surface area contributed by atoms with E-state index in [9.17, 15) is 4.39 Å². The molecule has 0 bridgehead atoms. The molecule has 0 atom stereocenters. The maximum atomic E-state index is 13.8. The van der Waals surface area contributed by atoms with Crippen LogP contribution in [0.4, 0.5) is 10.1 Å². The predicted octanol–water partition coefficient (Wildman–Crippen LogP) is 4.75. The number of hydrogen-bond acceptors (Lipinski definition) is 3. The molecular weight excluding hydrogens is 277 g/mol. The minimum absolute atomic E-state index is 0.147. The lowest BCUT2D eigenvalue weighted by Gasteiger charge is -2.21. The zero-order valence-corrected chi connectivity index (χ0v) is 12.2. The molecule has 0 N–H and O–H groups in total. The fourth-order valence-electron chi connectivity index (χ4n) is 2.03. The number of aryl methyl sites for hydroxylation is 1.